The molecule has 0 spiro atoms. The summed E-state index contributed by atoms with van der Waals surface area (Å²) in [5.41, 5.74) is 1.16. The number of aldehydes is 1. The van der Waals surface area contributed by atoms with E-state index in [1.807, 2.05) is 26.8 Å². The van der Waals surface area contributed by atoms with Gasteiger partial charge in [0.25, 0.3) is 0 Å². The van der Waals surface area contributed by atoms with Crippen molar-refractivity contribution in [1.29, 1.82) is 0 Å². The molecular weight excluding hydrogens is 164 g/mol. The van der Waals surface area contributed by atoms with Crippen molar-refractivity contribution in [2.45, 2.75) is 26.2 Å². The maximum atomic E-state index is 10.7. The molecule has 1 aromatic rings. The SMILES string of the molecule is CC(C)(C)c1cccc(O)c1C=O. The molecule has 0 aliphatic carbocycles. The molecule has 0 fully saturated rings. The molecule has 0 aromatic heterocycles. The van der Waals surface area contributed by atoms with Gasteiger partial charge < -0.3 is 5.11 Å². The summed E-state index contributed by atoms with van der Waals surface area (Å²) in [6, 6.07) is 5.14. The summed E-state index contributed by atoms with van der Waals surface area (Å²) in [7, 11) is 0. The van der Waals surface area contributed by atoms with Gasteiger partial charge in [-0.05, 0) is 17.0 Å². The first-order valence-corrected chi connectivity index (χ1v) is 4.24. The number of aromatic hydroxyl groups is 1. The molecule has 0 radical (unpaired) electrons. The first-order chi connectivity index (χ1) is 5.96. The summed E-state index contributed by atoms with van der Waals surface area (Å²) in [6.07, 6.45) is 0.704. The second-order valence-electron chi connectivity index (χ2n) is 4.11. The van der Waals surface area contributed by atoms with Crippen LogP contribution in [0.5, 0.6) is 5.75 Å². The van der Waals surface area contributed by atoms with Gasteiger partial charge in [0.15, 0.2) is 6.29 Å². The molecule has 0 atom stereocenters. The largest absolute Gasteiger partial charge is 0.507 e. The molecular formula is C11H14O2. The van der Waals surface area contributed by atoms with Crippen LogP contribution in [0.1, 0.15) is 36.7 Å². The van der Waals surface area contributed by atoms with Crippen LogP contribution in [-0.4, -0.2) is 11.4 Å². The van der Waals surface area contributed by atoms with E-state index in [0.29, 0.717) is 11.8 Å². The fourth-order valence-corrected chi connectivity index (χ4v) is 1.33. The molecule has 0 bridgehead atoms. The zero-order valence-electron chi connectivity index (χ0n) is 8.16. The maximum absolute atomic E-state index is 10.7. The highest BCUT2D eigenvalue weighted by atomic mass is 16.3. The quantitative estimate of drug-likeness (QED) is 0.671. The highest BCUT2D eigenvalue weighted by Gasteiger charge is 2.19. The lowest BCUT2D eigenvalue weighted by atomic mass is 9.84. The smallest absolute Gasteiger partial charge is 0.154 e. The highest BCUT2D eigenvalue weighted by Crippen LogP contribution is 2.29. The number of rotatable bonds is 1. The van der Waals surface area contributed by atoms with Gasteiger partial charge >= 0.3 is 0 Å². The van der Waals surface area contributed by atoms with Crippen molar-refractivity contribution in [3.05, 3.63) is 29.3 Å². The topological polar surface area (TPSA) is 37.3 Å². The van der Waals surface area contributed by atoms with Crippen LogP contribution >= 0.6 is 0 Å². The molecule has 1 aromatic carbocycles. The van der Waals surface area contributed by atoms with E-state index in [4.69, 9.17) is 0 Å². The molecule has 0 heterocycles. The van der Waals surface area contributed by atoms with E-state index >= 15 is 0 Å². The Morgan fingerprint density at radius 3 is 2.31 bits per heavy atom. The van der Waals surface area contributed by atoms with Crippen molar-refractivity contribution >= 4 is 6.29 Å². The predicted molar refractivity (Wildman–Crippen MR) is 52.2 cm³/mol. The lowest BCUT2D eigenvalue weighted by Crippen LogP contribution is -2.13. The van der Waals surface area contributed by atoms with Gasteiger partial charge in [-0.3, -0.25) is 4.79 Å². The maximum Gasteiger partial charge on any atom is 0.154 e. The Bertz CT molecular complexity index is 321. The number of carbonyl (C=O) groups excluding carboxylic acids is 1. The summed E-state index contributed by atoms with van der Waals surface area (Å²) in [6.45, 7) is 6.03. The molecule has 2 heteroatoms. The minimum atomic E-state index is -0.116. The molecule has 0 unspecified atom stereocenters. The monoisotopic (exact) mass is 178 g/mol. The molecule has 0 aliphatic heterocycles. The highest BCUT2D eigenvalue weighted by molar-refractivity contribution is 5.82. The third kappa shape index (κ3) is 1.89. The normalized spacial score (nSPS) is 11.3. The van der Waals surface area contributed by atoms with Crippen LogP contribution in [0.25, 0.3) is 0 Å². The van der Waals surface area contributed by atoms with Crippen LogP contribution in [0.15, 0.2) is 18.2 Å². The average Bonchev–Trinajstić information content (AvgIpc) is 2.02. The van der Waals surface area contributed by atoms with E-state index in [2.05, 4.69) is 0 Å². The Kier molecular flexibility index (Phi) is 2.41. The third-order valence-corrected chi connectivity index (χ3v) is 2.01. The number of phenols is 1. The molecule has 70 valence electrons. The lowest BCUT2D eigenvalue weighted by molar-refractivity contribution is 0.111. The van der Waals surface area contributed by atoms with Gasteiger partial charge in [0, 0.05) is 0 Å². The van der Waals surface area contributed by atoms with Gasteiger partial charge in [0.2, 0.25) is 0 Å². The van der Waals surface area contributed by atoms with Crippen LogP contribution in [0.4, 0.5) is 0 Å². The second kappa shape index (κ2) is 3.21. The zero-order chi connectivity index (χ0) is 10.1. The summed E-state index contributed by atoms with van der Waals surface area (Å²) < 4.78 is 0. The third-order valence-electron chi connectivity index (χ3n) is 2.01. The van der Waals surface area contributed by atoms with E-state index in [9.17, 15) is 9.90 Å². The van der Waals surface area contributed by atoms with Crippen molar-refractivity contribution in [2.75, 3.05) is 0 Å². The number of hydrogen-bond acceptors (Lipinski definition) is 2. The number of carbonyl (C=O) groups is 1. The zero-order valence-corrected chi connectivity index (χ0v) is 8.16. The van der Waals surface area contributed by atoms with E-state index < -0.39 is 0 Å². The second-order valence-corrected chi connectivity index (χ2v) is 4.11. The van der Waals surface area contributed by atoms with E-state index in [-0.39, 0.29) is 11.2 Å². The Hall–Kier alpha value is -1.31. The fraction of sp³-hybridized carbons (Fsp3) is 0.364. The van der Waals surface area contributed by atoms with Crippen molar-refractivity contribution < 1.29 is 9.90 Å². The molecule has 0 saturated heterocycles. The molecule has 0 amide bonds. The molecule has 13 heavy (non-hydrogen) atoms. The van der Waals surface area contributed by atoms with E-state index in [1.54, 1.807) is 6.07 Å². The van der Waals surface area contributed by atoms with Gasteiger partial charge in [-0.15, -0.1) is 0 Å². The molecule has 2 nitrogen and oxygen atoms in total. The fourth-order valence-electron chi connectivity index (χ4n) is 1.33. The Labute approximate surface area is 78.2 Å². The Balaban J connectivity index is 3.37. The van der Waals surface area contributed by atoms with Crippen LogP contribution in [0.2, 0.25) is 0 Å². The van der Waals surface area contributed by atoms with Gasteiger partial charge in [-0.1, -0.05) is 32.9 Å². The lowest BCUT2D eigenvalue weighted by Gasteiger charge is -2.21. The van der Waals surface area contributed by atoms with Crippen LogP contribution in [0, 0.1) is 0 Å². The Morgan fingerprint density at radius 1 is 1.31 bits per heavy atom. The molecule has 0 saturated carbocycles. The van der Waals surface area contributed by atoms with E-state index in [1.165, 1.54) is 6.07 Å². The van der Waals surface area contributed by atoms with Gasteiger partial charge in [0.05, 0.1) is 5.56 Å². The van der Waals surface area contributed by atoms with Crippen molar-refractivity contribution in [3.8, 4) is 5.75 Å². The van der Waals surface area contributed by atoms with E-state index in [0.717, 1.165) is 5.56 Å². The summed E-state index contributed by atoms with van der Waals surface area (Å²) in [5, 5.41) is 9.42. The Morgan fingerprint density at radius 2 is 1.92 bits per heavy atom. The predicted octanol–water partition coefficient (Wildman–Crippen LogP) is 2.50. The average molecular weight is 178 g/mol. The van der Waals surface area contributed by atoms with Gasteiger partial charge in [-0.2, -0.15) is 0 Å². The minimum absolute atomic E-state index is 0.0578. The summed E-state index contributed by atoms with van der Waals surface area (Å²) in [4.78, 5) is 10.7. The van der Waals surface area contributed by atoms with Gasteiger partial charge in [-0.25, -0.2) is 0 Å². The van der Waals surface area contributed by atoms with Crippen molar-refractivity contribution in [3.63, 3.8) is 0 Å². The van der Waals surface area contributed by atoms with Crippen LogP contribution in [0.3, 0.4) is 0 Å². The van der Waals surface area contributed by atoms with Crippen molar-refractivity contribution in [1.82, 2.24) is 0 Å². The first-order valence-electron chi connectivity index (χ1n) is 4.24. The number of benzene rings is 1. The molecule has 1 rings (SSSR count). The standard InChI is InChI=1S/C11H14O2/c1-11(2,3)9-5-4-6-10(13)8(9)7-12/h4-7,13H,1-3H3. The van der Waals surface area contributed by atoms with Crippen LogP contribution in [-0.2, 0) is 5.41 Å². The molecule has 1 N–H and O–H groups in total. The number of hydrogen-bond donors (Lipinski definition) is 1. The first kappa shape index (κ1) is 9.78. The molecule has 0 aliphatic rings. The van der Waals surface area contributed by atoms with Crippen LogP contribution < -0.4 is 0 Å². The summed E-state index contributed by atoms with van der Waals surface area (Å²) in [5.74, 6) is 0.0578. The van der Waals surface area contributed by atoms with Crippen molar-refractivity contribution in [2.24, 2.45) is 0 Å². The van der Waals surface area contributed by atoms with Gasteiger partial charge in [0.1, 0.15) is 5.75 Å². The number of phenolic OH excluding ortho intramolecular Hbond substituents is 1. The minimum Gasteiger partial charge on any atom is -0.507 e. The summed E-state index contributed by atoms with van der Waals surface area (Å²) >= 11 is 0.